The van der Waals surface area contributed by atoms with Crippen LogP contribution in [0, 0.1) is 13.8 Å². The molecular weight excluding hydrogens is 312 g/mol. The van der Waals surface area contributed by atoms with Crippen LogP contribution in [-0.4, -0.2) is 11.8 Å². The highest BCUT2D eigenvalue weighted by Crippen LogP contribution is 2.19. The lowest BCUT2D eigenvalue weighted by Gasteiger charge is -2.11. The Hall–Kier alpha value is -2.33. The van der Waals surface area contributed by atoms with Crippen molar-refractivity contribution in [1.82, 2.24) is 5.32 Å². The molecule has 0 bridgehead atoms. The van der Waals surface area contributed by atoms with Crippen molar-refractivity contribution in [3.05, 3.63) is 64.2 Å². The first-order valence-corrected chi connectivity index (χ1v) is 7.70. The van der Waals surface area contributed by atoms with Gasteiger partial charge < -0.3 is 10.6 Å². The van der Waals surface area contributed by atoms with E-state index >= 15 is 0 Å². The standard InChI is InChI=1S/C18H19ClN2O2/c1-12-4-3-5-13(2)18(12)21-17(23)10-16(22)20-11-14-6-8-15(19)9-7-14/h3-9H,10-11H2,1-2H3,(H,20,22)(H,21,23). The van der Waals surface area contributed by atoms with Crippen LogP contribution in [0.2, 0.25) is 5.02 Å². The van der Waals surface area contributed by atoms with Crippen LogP contribution >= 0.6 is 11.6 Å². The molecular formula is C18H19ClN2O2. The van der Waals surface area contributed by atoms with Crippen molar-refractivity contribution in [2.45, 2.75) is 26.8 Å². The number of carbonyl (C=O) groups excluding carboxylic acids is 2. The van der Waals surface area contributed by atoms with Crippen LogP contribution in [0.1, 0.15) is 23.1 Å². The average molecular weight is 331 g/mol. The van der Waals surface area contributed by atoms with Gasteiger partial charge in [0, 0.05) is 17.3 Å². The largest absolute Gasteiger partial charge is 0.352 e. The molecule has 0 unspecified atom stereocenters. The number of hydrogen-bond donors (Lipinski definition) is 2. The second-order valence-corrected chi connectivity index (χ2v) is 5.83. The zero-order chi connectivity index (χ0) is 16.8. The number of aryl methyl sites for hydroxylation is 2. The van der Waals surface area contributed by atoms with E-state index in [9.17, 15) is 9.59 Å². The van der Waals surface area contributed by atoms with Crippen molar-refractivity contribution in [1.29, 1.82) is 0 Å². The monoisotopic (exact) mass is 330 g/mol. The van der Waals surface area contributed by atoms with E-state index in [1.165, 1.54) is 0 Å². The first-order valence-electron chi connectivity index (χ1n) is 7.33. The number of rotatable bonds is 5. The van der Waals surface area contributed by atoms with Crippen molar-refractivity contribution in [3.8, 4) is 0 Å². The van der Waals surface area contributed by atoms with E-state index in [0.717, 1.165) is 22.4 Å². The number of amides is 2. The van der Waals surface area contributed by atoms with Gasteiger partial charge in [0.25, 0.3) is 0 Å². The van der Waals surface area contributed by atoms with Gasteiger partial charge in [0.1, 0.15) is 6.42 Å². The molecule has 4 nitrogen and oxygen atoms in total. The van der Waals surface area contributed by atoms with Gasteiger partial charge in [-0.1, -0.05) is 41.9 Å². The SMILES string of the molecule is Cc1cccc(C)c1NC(=O)CC(=O)NCc1ccc(Cl)cc1. The highest BCUT2D eigenvalue weighted by Gasteiger charge is 2.11. The Kier molecular flexibility index (Phi) is 5.77. The number of nitrogens with one attached hydrogen (secondary N) is 2. The van der Waals surface area contributed by atoms with Gasteiger partial charge in [-0.2, -0.15) is 0 Å². The van der Waals surface area contributed by atoms with Gasteiger partial charge in [-0.15, -0.1) is 0 Å². The Morgan fingerprint density at radius 1 is 0.957 bits per heavy atom. The topological polar surface area (TPSA) is 58.2 Å². The summed E-state index contributed by atoms with van der Waals surface area (Å²) in [5, 5.41) is 6.17. The first kappa shape index (κ1) is 17.0. The van der Waals surface area contributed by atoms with E-state index in [2.05, 4.69) is 10.6 Å². The molecule has 0 aliphatic rings. The second kappa shape index (κ2) is 7.79. The molecule has 2 rings (SSSR count). The molecule has 0 heterocycles. The third kappa shape index (κ3) is 5.11. The number of para-hydroxylation sites is 1. The summed E-state index contributed by atoms with van der Waals surface area (Å²) in [5.74, 6) is -0.639. The first-order chi connectivity index (χ1) is 11.0. The molecule has 0 atom stereocenters. The fourth-order valence-corrected chi connectivity index (χ4v) is 2.33. The molecule has 5 heteroatoms. The van der Waals surface area contributed by atoms with Gasteiger partial charge in [-0.05, 0) is 42.7 Å². The molecule has 23 heavy (non-hydrogen) atoms. The van der Waals surface area contributed by atoms with Crippen LogP contribution in [0.15, 0.2) is 42.5 Å². The maximum atomic E-state index is 12.0. The normalized spacial score (nSPS) is 10.2. The third-order valence-corrected chi connectivity index (χ3v) is 3.72. The van der Waals surface area contributed by atoms with E-state index in [1.807, 2.05) is 44.2 Å². The lowest BCUT2D eigenvalue weighted by Crippen LogP contribution is -2.28. The molecule has 2 N–H and O–H groups in total. The van der Waals surface area contributed by atoms with Crippen molar-refractivity contribution in [2.24, 2.45) is 0 Å². The third-order valence-electron chi connectivity index (χ3n) is 3.47. The lowest BCUT2D eigenvalue weighted by molar-refractivity contribution is -0.126. The predicted octanol–water partition coefficient (Wildman–Crippen LogP) is 3.60. The molecule has 0 aliphatic heterocycles. The average Bonchev–Trinajstić information content (AvgIpc) is 2.50. The molecule has 0 saturated carbocycles. The van der Waals surface area contributed by atoms with Gasteiger partial charge in [0.15, 0.2) is 0 Å². The predicted molar refractivity (Wildman–Crippen MR) is 92.5 cm³/mol. The highest BCUT2D eigenvalue weighted by atomic mass is 35.5. The number of carbonyl (C=O) groups is 2. The van der Waals surface area contributed by atoms with Crippen LogP contribution in [0.25, 0.3) is 0 Å². The summed E-state index contributed by atoms with van der Waals surface area (Å²) in [6, 6.07) is 13.0. The Morgan fingerprint density at radius 2 is 1.57 bits per heavy atom. The fourth-order valence-electron chi connectivity index (χ4n) is 2.21. The number of hydrogen-bond acceptors (Lipinski definition) is 2. The maximum absolute atomic E-state index is 12.0. The van der Waals surface area contributed by atoms with Crippen LogP contribution in [0.3, 0.4) is 0 Å². The van der Waals surface area contributed by atoms with E-state index < -0.39 is 0 Å². The Labute approximate surface area is 140 Å². The van der Waals surface area contributed by atoms with Crippen LogP contribution in [0.4, 0.5) is 5.69 Å². The quantitative estimate of drug-likeness (QED) is 0.823. The minimum absolute atomic E-state index is 0.207. The molecule has 2 amide bonds. The molecule has 0 aliphatic carbocycles. The summed E-state index contributed by atoms with van der Waals surface area (Å²) in [6.45, 7) is 4.21. The van der Waals surface area contributed by atoms with Crippen LogP contribution in [-0.2, 0) is 16.1 Å². The van der Waals surface area contributed by atoms with E-state index in [1.54, 1.807) is 12.1 Å². The van der Waals surface area contributed by atoms with Crippen LogP contribution in [0.5, 0.6) is 0 Å². The zero-order valence-corrected chi connectivity index (χ0v) is 13.9. The Morgan fingerprint density at radius 3 is 2.17 bits per heavy atom. The summed E-state index contributed by atoms with van der Waals surface area (Å²) in [6.07, 6.45) is -0.207. The summed E-state index contributed by atoms with van der Waals surface area (Å²) in [4.78, 5) is 23.8. The van der Waals surface area contributed by atoms with E-state index in [-0.39, 0.29) is 18.2 Å². The van der Waals surface area contributed by atoms with Crippen LogP contribution < -0.4 is 10.6 Å². The molecule has 0 spiro atoms. The van der Waals surface area contributed by atoms with Gasteiger partial charge in [0.05, 0.1) is 0 Å². The summed E-state index contributed by atoms with van der Waals surface area (Å²) >= 11 is 5.81. The van der Waals surface area contributed by atoms with E-state index in [0.29, 0.717) is 11.6 Å². The van der Waals surface area contributed by atoms with Crippen molar-refractivity contribution < 1.29 is 9.59 Å². The molecule has 2 aromatic rings. The maximum Gasteiger partial charge on any atom is 0.233 e. The summed E-state index contributed by atoms with van der Waals surface area (Å²) in [5.41, 5.74) is 3.64. The van der Waals surface area contributed by atoms with Gasteiger partial charge >= 0.3 is 0 Å². The van der Waals surface area contributed by atoms with Crippen molar-refractivity contribution >= 4 is 29.1 Å². The number of anilines is 1. The molecule has 0 fully saturated rings. The number of halogens is 1. The smallest absolute Gasteiger partial charge is 0.233 e. The van der Waals surface area contributed by atoms with Crippen molar-refractivity contribution in [2.75, 3.05) is 5.32 Å². The molecule has 0 saturated heterocycles. The van der Waals surface area contributed by atoms with Crippen molar-refractivity contribution in [3.63, 3.8) is 0 Å². The molecule has 0 aromatic heterocycles. The van der Waals surface area contributed by atoms with Gasteiger partial charge in [-0.3, -0.25) is 9.59 Å². The summed E-state index contributed by atoms with van der Waals surface area (Å²) < 4.78 is 0. The molecule has 120 valence electrons. The molecule has 0 radical (unpaired) electrons. The summed E-state index contributed by atoms with van der Waals surface area (Å²) in [7, 11) is 0. The highest BCUT2D eigenvalue weighted by molar-refractivity contribution is 6.30. The van der Waals surface area contributed by atoms with Gasteiger partial charge in [-0.25, -0.2) is 0 Å². The minimum Gasteiger partial charge on any atom is -0.352 e. The fraction of sp³-hybridized carbons (Fsp3) is 0.222. The minimum atomic E-state index is -0.323. The van der Waals surface area contributed by atoms with E-state index in [4.69, 9.17) is 11.6 Å². The van der Waals surface area contributed by atoms with Gasteiger partial charge in [0.2, 0.25) is 11.8 Å². The zero-order valence-electron chi connectivity index (χ0n) is 13.2. The second-order valence-electron chi connectivity index (χ2n) is 5.39. The lowest BCUT2D eigenvalue weighted by atomic mass is 10.1. The Balaban J connectivity index is 1.85. The molecule has 2 aromatic carbocycles. The number of benzene rings is 2. The Bertz CT molecular complexity index is 691.